The summed E-state index contributed by atoms with van der Waals surface area (Å²) in [5.74, 6) is 1.34. The van der Waals surface area contributed by atoms with Crippen molar-refractivity contribution in [2.24, 2.45) is 0 Å². The second-order valence-electron chi connectivity index (χ2n) is 5.95. The zero-order valence-corrected chi connectivity index (χ0v) is 14.7. The molecule has 3 aromatic rings. The van der Waals surface area contributed by atoms with E-state index in [4.69, 9.17) is 14.7 Å². The number of hydrogen-bond donors (Lipinski definition) is 2. The van der Waals surface area contributed by atoms with Crippen LogP contribution in [0.1, 0.15) is 21.6 Å². The number of carbonyl (C=O) groups excluding carboxylic acids is 1. The first kappa shape index (κ1) is 17.3. The van der Waals surface area contributed by atoms with Gasteiger partial charge in [-0.05, 0) is 48.0 Å². The molecule has 2 heterocycles. The first-order valence-electron chi connectivity index (χ1n) is 8.48. The van der Waals surface area contributed by atoms with Gasteiger partial charge in [-0.1, -0.05) is 6.07 Å². The third-order valence-corrected chi connectivity index (χ3v) is 4.05. The SMILES string of the molecule is N#Cc1ccc(Nc2nccc(C(=O)NCc3ccc4c(c3)OCO4)n2)cc1. The summed E-state index contributed by atoms with van der Waals surface area (Å²) in [6, 6.07) is 16.0. The smallest absolute Gasteiger partial charge is 0.270 e. The number of anilines is 2. The Hall–Kier alpha value is -4.12. The number of rotatable bonds is 5. The van der Waals surface area contributed by atoms with E-state index in [9.17, 15) is 4.79 Å². The molecule has 2 aromatic carbocycles. The molecular weight excluding hydrogens is 358 g/mol. The van der Waals surface area contributed by atoms with E-state index in [1.54, 1.807) is 30.3 Å². The van der Waals surface area contributed by atoms with Gasteiger partial charge in [-0.15, -0.1) is 0 Å². The highest BCUT2D eigenvalue weighted by Gasteiger charge is 2.14. The van der Waals surface area contributed by atoms with Crippen LogP contribution in [0, 0.1) is 11.3 Å². The highest BCUT2D eigenvalue weighted by Crippen LogP contribution is 2.32. The van der Waals surface area contributed by atoms with Crippen molar-refractivity contribution in [2.75, 3.05) is 12.1 Å². The number of fused-ring (bicyclic) bond motifs is 1. The van der Waals surface area contributed by atoms with Crippen LogP contribution in [0.3, 0.4) is 0 Å². The van der Waals surface area contributed by atoms with Crippen LogP contribution < -0.4 is 20.1 Å². The Morgan fingerprint density at radius 1 is 1.11 bits per heavy atom. The van der Waals surface area contributed by atoms with Gasteiger partial charge in [-0.25, -0.2) is 9.97 Å². The fourth-order valence-corrected chi connectivity index (χ4v) is 2.63. The Balaban J connectivity index is 1.40. The maximum Gasteiger partial charge on any atom is 0.270 e. The molecule has 0 aliphatic carbocycles. The lowest BCUT2D eigenvalue weighted by Gasteiger charge is -2.08. The summed E-state index contributed by atoms with van der Waals surface area (Å²) in [4.78, 5) is 20.8. The van der Waals surface area contributed by atoms with E-state index in [2.05, 4.69) is 26.7 Å². The summed E-state index contributed by atoms with van der Waals surface area (Å²) in [5.41, 5.74) is 2.41. The maximum absolute atomic E-state index is 12.4. The topological polar surface area (TPSA) is 109 Å². The fourth-order valence-electron chi connectivity index (χ4n) is 2.63. The third kappa shape index (κ3) is 3.83. The van der Waals surface area contributed by atoms with Gasteiger partial charge in [0.25, 0.3) is 5.91 Å². The second kappa shape index (κ2) is 7.63. The molecule has 0 fully saturated rings. The Bertz CT molecular complexity index is 1060. The Morgan fingerprint density at radius 2 is 1.93 bits per heavy atom. The molecule has 0 saturated carbocycles. The van der Waals surface area contributed by atoms with Gasteiger partial charge < -0.3 is 20.1 Å². The number of nitrogens with one attached hydrogen (secondary N) is 2. The lowest BCUT2D eigenvalue weighted by molar-refractivity contribution is 0.0946. The van der Waals surface area contributed by atoms with Gasteiger partial charge in [0.05, 0.1) is 11.6 Å². The normalized spacial score (nSPS) is 11.5. The first-order chi connectivity index (χ1) is 13.7. The number of carbonyl (C=O) groups is 1. The van der Waals surface area contributed by atoms with Crippen molar-refractivity contribution in [3.05, 3.63) is 71.5 Å². The van der Waals surface area contributed by atoms with Gasteiger partial charge in [0.2, 0.25) is 12.7 Å². The van der Waals surface area contributed by atoms with Crippen molar-refractivity contribution in [3.63, 3.8) is 0 Å². The molecule has 0 saturated heterocycles. The van der Waals surface area contributed by atoms with E-state index in [0.29, 0.717) is 29.6 Å². The van der Waals surface area contributed by atoms with E-state index in [1.165, 1.54) is 6.20 Å². The number of nitriles is 1. The Kier molecular flexibility index (Phi) is 4.72. The van der Waals surface area contributed by atoms with Crippen molar-refractivity contribution >= 4 is 17.5 Å². The van der Waals surface area contributed by atoms with Gasteiger partial charge in [0.1, 0.15) is 5.69 Å². The van der Waals surface area contributed by atoms with Gasteiger partial charge in [-0.2, -0.15) is 5.26 Å². The first-order valence-corrected chi connectivity index (χ1v) is 8.48. The molecule has 1 amide bonds. The summed E-state index contributed by atoms with van der Waals surface area (Å²) in [7, 11) is 0. The van der Waals surface area contributed by atoms with Crippen molar-refractivity contribution in [1.29, 1.82) is 5.26 Å². The van der Waals surface area contributed by atoms with Crippen LogP contribution in [0.15, 0.2) is 54.7 Å². The molecule has 4 rings (SSSR count). The predicted molar refractivity (Wildman–Crippen MR) is 100 cm³/mol. The van der Waals surface area contributed by atoms with Gasteiger partial charge in [-0.3, -0.25) is 4.79 Å². The van der Waals surface area contributed by atoms with Crippen molar-refractivity contribution < 1.29 is 14.3 Å². The Labute approximate surface area is 160 Å². The molecule has 0 spiro atoms. The predicted octanol–water partition coefficient (Wildman–Crippen LogP) is 2.75. The molecule has 8 heteroatoms. The third-order valence-electron chi connectivity index (χ3n) is 4.05. The monoisotopic (exact) mass is 373 g/mol. The second-order valence-corrected chi connectivity index (χ2v) is 5.95. The zero-order chi connectivity index (χ0) is 19.3. The molecule has 2 N–H and O–H groups in total. The minimum Gasteiger partial charge on any atom is -0.454 e. The van der Waals surface area contributed by atoms with Crippen LogP contribution in [0.4, 0.5) is 11.6 Å². The number of ether oxygens (including phenoxy) is 2. The zero-order valence-electron chi connectivity index (χ0n) is 14.7. The molecule has 0 radical (unpaired) electrons. The van der Waals surface area contributed by atoms with E-state index in [1.807, 2.05) is 18.2 Å². The lowest BCUT2D eigenvalue weighted by atomic mass is 10.2. The van der Waals surface area contributed by atoms with Gasteiger partial charge >= 0.3 is 0 Å². The van der Waals surface area contributed by atoms with Crippen molar-refractivity contribution in [3.8, 4) is 17.6 Å². The summed E-state index contributed by atoms with van der Waals surface area (Å²) in [6.07, 6.45) is 1.51. The summed E-state index contributed by atoms with van der Waals surface area (Å²) < 4.78 is 10.6. The molecule has 8 nitrogen and oxygen atoms in total. The minimum absolute atomic E-state index is 0.209. The van der Waals surface area contributed by atoms with E-state index in [0.717, 1.165) is 11.3 Å². The van der Waals surface area contributed by atoms with E-state index < -0.39 is 0 Å². The summed E-state index contributed by atoms with van der Waals surface area (Å²) in [5, 5.41) is 14.7. The van der Waals surface area contributed by atoms with E-state index in [-0.39, 0.29) is 18.4 Å². The quantitative estimate of drug-likeness (QED) is 0.708. The molecule has 138 valence electrons. The molecule has 0 bridgehead atoms. The van der Waals surface area contributed by atoms with Crippen LogP contribution >= 0.6 is 0 Å². The average molecular weight is 373 g/mol. The van der Waals surface area contributed by atoms with Crippen LogP contribution in [0.25, 0.3) is 0 Å². The molecule has 0 unspecified atom stereocenters. The van der Waals surface area contributed by atoms with Crippen molar-refractivity contribution in [1.82, 2.24) is 15.3 Å². The molecular formula is C20H15N5O3. The van der Waals surface area contributed by atoms with Crippen LogP contribution in [-0.4, -0.2) is 22.7 Å². The van der Waals surface area contributed by atoms with Gasteiger partial charge in [0, 0.05) is 18.4 Å². The lowest BCUT2D eigenvalue weighted by Crippen LogP contribution is -2.24. The average Bonchev–Trinajstić information content (AvgIpc) is 3.20. The molecule has 1 aromatic heterocycles. The largest absolute Gasteiger partial charge is 0.454 e. The van der Waals surface area contributed by atoms with Crippen LogP contribution in [0.2, 0.25) is 0 Å². The summed E-state index contributed by atoms with van der Waals surface area (Å²) >= 11 is 0. The number of amides is 1. The standard InChI is InChI=1S/C20H15N5O3/c21-10-13-1-4-15(5-2-13)24-20-22-8-7-16(25-20)19(26)23-11-14-3-6-17-18(9-14)28-12-27-17/h1-9H,11-12H2,(H,23,26)(H,22,24,25). The number of benzene rings is 2. The number of hydrogen-bond acceptors (Lipinski definition) is 7. The highest BCUT2D eigenvalue weighted by atomic mass is 16.7. The van der Waals surface area contributed by atoms with Crippen LogP contribution in [-0.2, 0) is 6.54 Å². The van der Waals surface area contributed by atoms with E-state index >= 15 is 0 Å². The minimum atomic E-state index is -0.317. The molecule has 0 atom stereocenters. The summed E-state index contributed by atoms with van der Waals surface area (Å²) in [6.45, 7) is 0.541. The molecule has 1 aliphatic rings. The Morgan fingerprint density at radius 3 is 2.75 bits per heavy atom. The number of aromatic nitrogens is 2. The highest BCUT2D eigenvalue weighted by molar-refractivity contribution is 5.92. The molecule has 1 aliphatic heterocycles. The molecule has 28 heavy (non-hydrogen) atoms. The van der Waals surface area contributed by atoms with Crippen LogP contribution in [0.5, 0.6) is 11.5 Å². The van der Waals surface area contributed by atoms with Crippen molar-refractivity contribution in [2.45, 2.75) is 6.54 Å². The fraction of sp³-hybridized carbons (Fsp3) is 0.100. The number of nitrogens with zero attached hydrogens (tertiary/aromatic N) is 3. The van der Waals surface area contributed by atoms with Gasteiger partial charge in [0.15, 0.2) is 11.5 Å². The maximum atomic E-state index is 12.4.